The maximum Gasteiger partial charge on any atom is 0.292 e. The molecular formula is C17H22ClN3O2. The summed E-state index contributed by atoms with van der Waals surface area (Å²) in [6.07, 6.45) is 0.925. The predicted molar refractivity (Wildman–Crippen MR) is 97.0 cm³/mol. The molecule has 0 unspecified atom stereocenters. The molecule has 0 aliphatic carbocycles. The third-order valence-electron chi connectivity index (χ3n) is 3.42. The van der Waals surface area contributed by atoms with Crippen molar-refractivity contribution in [3.63, 3.8) is 0 Å². The predicted octanol–water partition coefficient (Wildman–Crippen LogP) is 4.11. The van der Waals surface area contributed by atoms with E-state index in [0.717, 1.165) is 25.2 Å². The molecule has 0 radical (unpaired) electrons. The fourth-order valence-corrected chi connectivity index (χ4v) is 2.39. The largest absolute Gasteiger partial charge is 0.336 e. The van der Waals surface area contributed by atoms with Gasteiger partial charge in [0.2, 0.25) is 0 Å². The van der Waals surface area contributed by atoms with E-state index in [1.165, 1.54) is 0 Å². The number of rotatable bonds is 7. The Labute approximate surface area is 143 Å². The summed E-state index contributed by atoms with van der Waals surface area (Å²) >= 11 is 0. The highest BCUT2D eigenvalue weighted by atomic mass is 35.5. The van der Waals surface area contributed by atoms with Gasteiger partial charge in [-0.15, -0.1) is 12.4 Å². The number of halogens is 1. The molecule has 2 aromatic carbocycles. The lowest BCUT2D eigenvalue weighted by Crippen LogP contribution is -2.23. The van der Waals surface area contributed by atoms with Crippen molar-refractivity contribution in [2.75, 3.05) is 32.1 Å². The molecule has 0 saturated heterocycles. The summed E-state index contributed by atoms with van der Waals surface area (Å²) in [7, 11) is 4.05. The second kappa shape index (κ2) is 9.12. The molecule has 0 atom stereocenters. The first-order valence-corrected chi connectivity index (χ1v) is 7.30. The topological polar surface area (TPSA) is 49.6 Å². The van der Waals surface area contributed by atoms with Crippen molar-refractivity contribution >= 4 is 29.5 Å². The molecule has 6 heteroatoms. The number of benzene rings is 2. The number of nitro groups is 1. The minimum atomic E-state index is -0.322. The first-order valence-electron chi connectivity index (χ1n) is 7.30. The molecule has 0 saturated carbocycles. The Balaban J connectivity index is 0.00000264. The zero-order valence-electron chi connectivity index (χ0n) is 13.4. The summed E-state index contributed by atoms with van der Waals surface area (Å²) in [5.74, 6) is 0. The Morgan fingerprint density at radius 2 is 1.57 bits per heavy atom. The molecule has 0 aliphatic rings. The molecule has 23 heavy (non-hydrogen) atoms. The number of nitro benzene ring substituents is 1. The van der Waals surface area contributed by atoms with Crippen molar-refractivity contribution in [2.45, 2.75) is 6.42 Å². The number of hydrogen-bond acceptors (Lipinski definition) is 4. The molecule has 0 spiro atoms. The van der Waals surface area contributed by atoms with Gasteiger partial charge in [-0.25, -0.2) is 0 Å². The van der Waals surface area contributed by atoms with E-state index < -0.39 is 0 Å². The highest BCUT2D eigenvalue weighted by Gasteiger charge is 2.19. The van der Waals surface area contributed by atoms with Gasteiger partial charge in [-0.05, 0) is 45.3 Å². The average Bonchev–Trinajstić information content (AvgIpc) is 2.52. The summed E-state index contributed by atoms with van der Waals surface area (Å²) < 4.78 is 0. The molecule has 0 heterocycles. The first-order chi connectivity index (χ1) is 10.6. The summed E-state index contributed by atoms with van der Waals surface area (Å²) in [5.41, 5.74) is 1.74. The van der Waals surface area contributed by atoms with Gasteiger partial charge in [0.1, 0.15) is 5.69 Å². The van der Waals surface area contributed by atoms with Crippen LogP contribution in [0.15, 0.2) is 54.6 Å². The highest BCUT2D eigenvalue weighted by Crippen LogP contribution is 2.33. The monoisotopic (exact) mass is 335 g/mol. The van der Waals surface area contributed by atoms with E-state index in [4.69, 9.17) is 0 Å². The van der Waals surface area contributed by atoms with Crippen molar-refractivity contribution < 1.29 is 4.92 Å². The third-order valence-corrected chi connectivity index (χ3v) is 3.42. The van der Waals surface area contributed by atoms with Gasteiger partial charge in [-0.3, -0.25) is 10.1 Å². The fraction of sp³-hybridized carbons (Fsp3) is 0.294. The Bertz CT molecular complexity index is 620. The quantitative estimate of drug-likeness (QED) is 0.564. The number of anilines is 2. The zero-order chi connectivity index (χ0) is 15.9. The zero-order valence-corrected chi connectivity index (χ0v) is 14.2. The van der Waals surface area contributed by atoms with Crippen LogP contribution in [0.1, 0.15) is 6.42 Å². The van der Waals surface area contributed by atoms with Crippen LogP contribution in [0.25, 0.3) is 0 Å². The van der Waals surface area contributed by atoms with Gasteiger partial charge in [-0.2, -0.15) is 0 Å². The van der Waals surface area contributed by atoms with Crippen LogP contribution < -0.4 is 4.90 Å². The van der Waals surface area contributed by atoms with Crippen LogP contribution in [0.2, 0.25) is 0 Å². The molecule has 0 amide bonds. The van der Waals surface area contributed by atoms with Gasteiger partial charge in [0.05, 0.1) is 4.92 Å². The van der Waals surface area contributed by atoms with Crippen LogP contribution in [0, 0.1) is 10.1 Å². The van der Waals surface area contributed by atoms with E-state index >= 15 is 0 Å². The van der Waals surface area contributed by atoms with E-state index in [-0.39, 0.29) is 23.0 Å². The Hall–Kier alpha value is -2.11. The maximum absolute atomic E-state index is 11.3. The lowest BCUT2D eigenvalue weighted by molar-refractivity contribution is -0.384. The summed E-state index contributed by atoms with van der Waals surface area (Å²) in [4.78, 5) is 15.1. The van der Waals surface area contributed by atoms with Gasteiger partial charge >= 0.3 is 0 Å². The Kier molecular flexibility index (Phi) is 7.51. The van der Waals surface area contributed by atoms with Gasteiger partial charge in [0, 0.05) is 18.3 Å². The Morgan fingerprint density at radius 1 is 0.957 bits per heavy atom. The van der Waals surface area contributed by atoms with Gasteiger partial charge in [0.25, 0.3) is 5.69 Å². The van der Waals surface area contributed by atoms with E-state index in [1.54, 1.807) is 18.2 Å². The van der Waals surface area contributed by atoms with Crippen molar-refractivity contribution in [1.82, 2.24) is 4.90 Å². The molecule has 0 aromatic heterocycles. The maximum atomic E-state index is 11.3. The van der Waals surface area contributed by atoms with Gasteiger partial charge in [0.15, 0.2) is 0 Å². The summed E-state index contributed by atoms with van der Waals surface area (Å²) in [5, 5.41) is 11.3. The molecule has 0 bridgehead atoms. The first kappa shape index (κ1) is 18.9. The van der Waals surface area contributed by atoms with Crippen LogP contribution in [0.3, 0.4) is 0 Å². The average molecular weight is 336 g/mol. The normalized spacial score (nSPS) is 10.2. The minimum Gasteiger partial charge on any atom is -0.336 e. The van der Waals surface area contributed by atoms with Crippen LogP contribution in [0.5, 0.6) is 0 Å². The van der Waals surface area contributed by atoms with Crippen LogP contribution in [0.4, 0.5) is 17.1 Å². The Morgan fingerprint density at radius 3 is 2.17 bits per heavy atom. The highest BCUT2D eigenvalue weighted by molar-refractivity contribution is 5.85. The van der Waals surface area contributed by atoms with E-state index in [2.05, 4.69) is 4.90 Å². The van der Waals surface area contributed by atoms with Crippen LogP contribution in [-0.2, 0) is 0 Å². The van der Waals surface area contributed by atoms with Crippen molar-refractivity contribution in [3.05, 3.63) is 64.7 Å². The second-order valence-corrected chi connectivity index (χ2v) is 5.39. The SMILES string of the molecule is CN(C)CCCN(c1ccccc1)c1ccccc1[N+](=O)[O-].Cl. The second-order valence-electron chi connectivity index (χ2n) is 5.39. The van der Waals surface area contributed by atoms with Gasteiger partial charge in [-0.1, -0.05) is 30.3 Å². The van der Waals surface area contributed by atoms with Crippen molar-refractivity contribution in [1.29, 1.82) is 0 Å². The lowest BCUT2D eigenvalue weighted by Gasteiger charge is -2.25. The molecule has 124 valence electrons. The van der Waals surface area contributed by atoms with Crippen LogP contribution in [-0.4, -0.2) is 37.0 Å². The molecule has 0 N–H and O–H groups in total. The fourth-order valence-electron chi connectivity index (χ4n) is 2.39. The van der Waals surface area contributed by atoms with Crippen molar-refractivity contribution in [3.8, 4) is 0 Å². The molecule has 0 aliphatic heterocycles. The minimum absolute atomic E-state index is 0. The van der Waals surface area contributed by atoms with Crippen molar-refractivity contribution in [2.24, 2.45) is 0 Å². The molecular weight excluding hydrogens is 314 g/mol. The molecule has 0 fully saturated rings. The standard InChI is InChI=1S/C17H21N3O2.ClH/c1-18(2)13-8-14-19(15-9-4-3-5-10-15)16-11-6-7-12-17(16)20(21)22;/h3-7,9-12H,8,13-14H2,1-2H3;1H. The molecule has 2 rings (SSSR count). The number of hydrogen-bond donors (Lipinski definition) is 0. The van der Waals surface area contributed by atoms with E-state index in [0.29, 0.717) is 5.69 Å². The third kappa shape index (κ3) is 5.23. The number of para-hydroxylation sites is 3. The molecule has 2 aromatic rings. The smallest absolute Gasteiger partial charge is 0.292 e. The lowest BCUT2D eigenvalue weighted by atomic mass is 10.2. The van der Waals surface area contributed by atoms with E-state index in [9.17, 15) is 10.1 Å². The van der Waals surface area contributed by atoms with Crippen LogP contribution >= 0.6 is 12.4 Å². The van der Waals surface area contributed by atoms with E-state index in [1.807, 2.05) is 55.4 Å². The summed E-state index contributed by atoms with van der Waals surface area (Å²) in [6.45, 7) is 1.66. The summed E-state index contributed by atoms with van der Waals surface area (Å²) in [6, 6.07) is 16.7. The number of nitrogens with zero attached hydrogens (tertiary/aromatic N) is 3. The van der Waals surface area contributed by atoms with Gasteiger partial charge < -0.3 is 9.80 Å². The molecule has 5 nitrogen and oxygen atoms in total.